The quantitative estimate of drug-likeness (QED) is 0.783. The predicted molar refractivity (Wildman–Crippen MR) is 95.1 cm³/mol. The highest BCUT2D eigenvalue weighted by Crippen LogP contribution is 2.29. The zero-order valence-electron chi connectivity index (χ0n) is 13.5. The van der Waals surface area contributed by atoms with E-state index in [0.29, 0.717) is 0 Å². The van der Waals surface area contributed by atoms with Crippen LogP contribution in [0.15, 0.2) is 34.8 Å². The number of hydrogen-bond acceptors (Lipinski definition) is 1. The number of nitrogens with one attached hydrogen (secondary N) is 1. The summed E-state index contributed by atoms with van der Waals surface area (Å²) >= 11 is 3.66. The van der Waals surface area contributed by atoms with E-state index in [4.69, 9.17) is 0 Å². The first kappa shape index (κ1) is 16.3. The maximum absolute atomic E-state index is 3.66. The van der Waals surface area contributed by atoms with Gasteiger partial charge in [-0.1, -0.05) is 53.2 Å². The van der Waals surface area contributed by atoms with Gasteiger partial charge in [-0.25, -0.2) is 0 Å². The average molecular weight is 346 g/mol. The second kappa shape index (κ2) is 6.76. The van der Waals surface area contributed by atoms with E-state index in [0.717, 1.165) is 6.54 Å². The molecule has 2 aromatic carbocycles. The van der Waals surface area contributed by atoms with Crippen LogP contribution >= 0.6 is 15.9 Å². The third-order valence-electron chi connectivity index (χ3n) is 4.06. The maximum atomic E-state index is 3.66. The minimum Gasteiger partial charge on any atom is -0.307 e. The Morgan fingerprint density at radius 1 is 0.857 bits per heavy atom. The lowest BCUT2D eigenvalue weighted by Crippen LogP contribution is -2.22. The fraction of sp³-hybridized carbons (Fsp3) is 0.368. The lowest BCUT2D eigenvalue weighted by atomic mass is 9.93. The van der Waals surface area contributed by atoms with Crippen molar-refractivity contribution in [2.75, 3.05) is 6.54 Å². The van der Waals surface area contributed by atoms with E-state index in [1.165, 1.54) is 37.9 Å². The summed E-state index contributed by atoms with van der Waals surface area (Å²) in [7, 11) is 0. The number of hydrogen-bond donors (Lipinski definition) is 1. The summed E-state index contributed by atoms with van der Waals surface area (Å²) < 4.78 is 1.21. The molecular weight excluding hydrogens is 322 g/mol. The summed E-state index contributed by atoms with van der Waals surface area (Å²) in [4.78, 5) is 0. The largest absolute Gasteiger partial charge is 0.307 e. The van der Waals surface area contributed by atoms with Gasteiger partial charge < -0.3 is 5.32 Å². The molecular formula is C19H24BrN. The first-order chi connectivity index (χ1) is 9.93. The van der Waals surface area contributed by atoms with Gasteiger partial charge in [0, 0.05) is 4.47 Å². The minimum atomic E-state index is 0.250. The molecule has 1 nitrogen and oxygen atoms in total. The topological polar surface area (TPSA) is 12.0 Å². The van der Waals surface area contributed by atoms with E-state index < -0.39 is 0 Å². The van der Waals surface area contributed by atoms with Gasteiger partial charge in [0.25, 0.3) is 0 Å². The van der Waals surface area contributed by atoms with Crippen LogP contribution in [0.2, 0.25) is 0 Å². The van der Waals surface area contributed by atoms with Gasteiger partial charge in [0.2, 0.25) is 0 Å². The van der Waals surface area contributed by atoms with Crippen LogP contribution in [0.1, 0.15) is 46.3 Å². The van der Waals surface area contributed by atoms with E-state index >= 15 is 0 Å². The Morgan fingerprint density at radius 3 is 1.95 bits per heavy atom. The van der Waals surface area contributed by atoms with Gasteiger partial charge in [-0.3, -0.25) is 0 Å². The van der Waals surface area contributed by atoms with Crippen molar-refractivity contribution in [2.45, 2.75) is 40.7 Å². The van der Waals surface area contributed by atoms with Gasteiger partial charge in [0.1, 0.15) is 0 Å². The lowest BCUT2D eigenvalue weighted by molar-refractivity contribution is 0.629. The van der Waals surface area contributed by atoms with Crippen LogP contribution in [0.4, 0.5) is 0 Å². The molecule has 21 heavy (non-hydrogen) atoms. The van der Waals surface area contributed by atoms with E-state index in [2.05, 4.69) is 86.2 Å². The Morgan fingerprint density at radius 2 is 1.43 bits per heavy atom. The smallest absolute Gasteiger partial charge is 0.0576 e. The van der Waals surface area contributed by atoms with Crippen LogP contribution in [-0.4, -0.2) is 6.54 Å². The van der Waals surface area contributed by atoms with Crippen molar-refractivity contribution < 1.29 is 0 Å². The summed E-state index contributed by atoms with van der Waals surface area (Å²) in [5.41, 5.74) is 7.94. The van der Waals surface area contributed by atoms with Crippen LogP contribution in [0.3, 0.4) is 0 Å². The molecule has 2 aromatic rings. The molecule has 0 amide bonds. The lowest BCUT2D eigenvalue weighted by Gasteiger charge is -2.21. The molecule has 0 aliphatic heterocycles. The Balaban J connectivity index is 2.50. The molecule has 0 radical (unpaired) electrons. The molecule has 0 spiro atoms. The van der Waals surface area contributed by atoms with Gasteiger partial charge in [-0.15, -0.1) is 0 Å². The molecule has 2 heteroatoms. The second-order valence-electron chi connectivity index (χ2n) is 5.80. The molecule has 0 aliphatic rings. The molecule has 0 fully saturated rings. The van der Waals surface area contributed by atoms with Crippen molar-refractivity contribution in [3.05, 3.63) is 68.2 Å². The number of aryl methyl sites for hydroxylation is 4. The molecule has 0 aliphatic carbocycles. The van der Waals surface area contributed by atoms with Crippen LogP contribution in [-0.2, 0) is 0 Å². The summed E-state index contributed by atoms with van der Waals surface area (Å²) in [5.74, 6) is 0. The van der Waals surface area contributed by atoms with Gasteiger partial charge >= 0.3 is 0 Å². The highest BCUT2D eigenvalue weighted by atomic mass is 79.9. The van der Waals surface area contributed by atoms with E-state index in [-0.39, 0.29) is 6.04 Å². The molecule has 1 N–H and O–H groups in total. The Hall–Kier alpha value is -1.12. The van der Waals surface area contributed by atoms with Crippen LogP contribution in [0.5, 0.6) is 0 Å². The third kappa shape index (κ3) is 3.56. The first-order valence-electron chi connectivity index (χ1n) is 7.51. The normalized spacial score (nSPS) is 12.5. The van der Waals surface area contributed by atoms with Gasteiger partial charge in [0.05, 0.1) is 6.04 Å². The number of halogens is 1. The summed E-state index contributed by atoms with van der Waals surface area (Å²) in [6, 6.07) is 11.6. The van der Waals surface area contributed by atoms with E-state index in [1.807, 2.05) is 0 Å². The Kier molecular flexibility index (Phi) is 5.23. The summed E-state index contributed by atoms with van der Waals surface area (Å²) in [5, 5.41) is 3.62. The molecule has 1 unspecified atom stereocenters. The van der Waals surface area contributed by atoms with Crippen molar-refractivity contribution in [2.24, 2.45) is 0 Å². The summed E-state index contributed by atoms with van der Waals surface area (Å²) in [6.45, 7) is 11.8. The fourth-order valence-electron chi connectivity index (χ4n) is 2.72. The zero-order chi connectivity index (χ0) is 15.6. The van der Waals surface area contributed by atoms with Crippen molar-refractivity contribution in [3.63, 3.8) is 0 Å². The van der Waals surface area contributed by atoms with Crippen LogP contribution < -0.4 is 5.32 Å². The molecule has 112 valence electrons. The van der Waals surface area contributed by atoms with Crippen LogP contribution in [0, 0.1) is 27.7 Å². The standard InChI is InChI=1S/C19H24BrN/c1-6-21-19(16-8-7-12(2)13(3)9-16)17-10-14(4)18(20)15(5)11-17/h7-11,19,21H,6H2,1-5H3. The average Bonchev–Trinajstić information content (AvgIpc) is 2.45. The minimum absolute atomic E-state index is 0.250. The van der Waals surface area contributed by atoms with Gasteiger partial charge in [0.15, 0.2) is 0 Å². The fourth-order valence-corrected chi connectivity index (χ4v) is 2.95. The third-order valence-corrected chi connectivity index (χ3v) is 5.32. The second-order valence-corrected chi connectivity index (χ2v) is 6.60. The van der Waals surface area contributed by atoms with Crippen molar-refractivity contribution in [3.8, 4) is 0 Å². The Bertz CT molecular complexity index is 623. The molecule has 0 saturated carbocycles. The van der Waals surface area contributed by atoms with Gasteiger partial charge in [-0.05, 0) is 67.6 Å². The molecule has 1 atom stereocenters. The first-order valence-corrected chi connectivity index (χ1v) is 8.30. The molecule has 0 saturated heterocycles. The Labute approximate surface area is 136 Å². The van der Waals surface area contributed by atoms with Crippen LogP contribution in [0.25, 0.3) is 0 Å². The zero-order valence-corrected chi connectivity index (χ0v) is 15.1. The maximum Gasteiger partial charge on any atom is 0.0576 e. The predicted octanol–water partition coefficient (Wildman–Crippen LogP) is 5.38. The highest BCUT2D eigenvalue weighted by molar-refractivity contribution is 9.10. The van der Waals surface area contributed by atoms with E-state index in [1.54, 1.807) is 0 Å². The monoisotopic (exact) mass is 345 g/mol. The molecule has 2 rings (SSSR count). The number of rotatable bonds is 4. The molecule has 0 heterocycles. The summed E-state index contributed by atoms with van der Waals surface area (Å²) in [6.07, 6.45) is 0. The SMILES string of the molecule is CCNC(c1ccc(C)c(C)c1)c1cc(C)c(Br)c(C)c1. The number of benzene rings is 2. The highest BCUT2D eigenvalue weighted by Gasteiger charge is 2.15. The van der Waals surface area contributed by atoms with Gasteiger partial charge in [-0.2, -0.15) is 0 Å². The van der Waals surface area contributed by atoms with E-state index in [9.17, 15) is 0 Å². The molecule has 0 bridgehead atoms. The van der Waals surface area contributed by atoms with Crippen molar-refractivity contribution in [1.82, 2.24) is 5.32 Å². The van der Waals surface area contributed by atoms with Crippen molar-refractivity contribution in [1.29, 1.82) is 0 Å². The van der Waals surface area contributed by atoms with Crippen molar-refractivity contribution >= 4 is 15.9 Å². The molecule has 0 aromatic heterocycles.